The smallest absolute Gasteiger partial charge is 0.188 e. The second kappa shape index (κ2) is 2.47. The minimum absolute atomic E-state index is 0.0637. The number of hydrogen-bond donors (Lipinski definition) is 0. The van der Waals surface area contributed by atoms with Crippen LogP contribution in [0.25, 0.3) is 0 Å². The van der Waals surface area contributed by atoms with Crippen LogP contribution >= 0.6 is 0 Å². The van der Waals surface area contributed by atoms with Crippen molar-refractivity contribution in [3.63, 3.8) is 0 Å². The molecule has 0 aliphatic carbocycles. The van der Waals surface area contributed by atoms with Crippen molar-refractivity contribution in [2.24, 2.45) is 0 Å². The largest absolute Gasteiger partial charge is 0.475 e. The number of carbonyl (C=O) groups is 1. The second-order valence-electron chi connectivity index (χ2n) is 1.22. The molecule has 8 heavy (non-hydrogen) atoms. The molecule has 3 heteroatoms. The summed E-state index contributed by atoms with van der Waals surface area (Å²) >= 11 is 0. The van der Waals surface area contributed by atoms with Gasteiger partial charge in [0.05, 0.1) is 19.8 Å². The maximum atomic E-state index is 10.1. The number of hydrogen-bond acceptors (Lipinski definition) is 3. The Morgan fingerprint density at radius 1 is 2.12 bits per heavy atom. The molecular weight excluding hydrogens is 108 g/mol. The summed E-state index contributed by atoms with van der Waals surface area (Å²) in [5, 5.41) is 0. The highest BCUT2D eigenvalue weighted by molar-refractivity contribution is 5.73. The van der Waals surface area contributed by atoms with Crippen LogP contribution in [0.4, 0.5) is 0 Å². The fraction of sp³-hybridized carbons (Fsp3) is 0.400. The molecule has 0 aromatic heterocycles. The van der Waals surface area contributed by atoms with Gasteiger partial charge in [-0.15, -0.1) is 0 Å². The lowest BCUT2D eigenvalue weighted by molar-refractivity contribution is -0.107. The van der Waals surface area contributed by atoms with Gasteiger partial charge in [-0.1, -0.05) is 0 Å². The zero-order valence-electron chi connectivity index (χ0n) is 6.09. The van der Waals surface area contributed by atoms with E-state index in [1.165, 1.54) is 0 Å². The molecule has 0 aromatic rings. The van der Waals surface area contributed by atoms with Crippen molar-refractivity contribution in [2.45, 2.75) is 0 Å². The van der Waals surface area contributed by atoms with Gasteiger partial charge in [-0.3, -0.25) is 4.79 Å². The molecule has 0 saturated carbocycles. The first-order valence-corrected chi connectivity index (χ1v) is 2.08. The van der Waals surface area contributed by atoms with Gasteiger partial charge >= 0.3 is 0 Å². The van der Waals surface area contributed by atoms with E-state index >= 15 is 0 Å². The van der Waals surface area contributed by atoms with Crippen molar-refractivity contribution >= 4 is 6.29 Å². The molecule has 1 unspecified atom stereocenters. The standard InChI is InChI=1S/C5H6O3/c6-1-5-2-7-4-8-3-5/h1-2H,3-4H2/i2D,3D. The third-order valence-electron chi connectivity index (χ3n) is 0.654. The van der Waals surface area contributed by atoms with Crippen molar-refractivity contribution in [3.05, 3.63) is 11.8 Å². The van der Waals surface area contributed by atoms with Crippen LogP contribution in [-0.2, 0) is 14.3 Å². The quantitative estimate of drug-likeness (QED) is 0.455. The molecule has 0 saturated heterocycles. The van der Waals surface area contributed by atoms with Crippen molar-refractivity contribution < 1.29 is 17.0 Å². The first-order valence-electron chi connectivity index (χ1n) is 3.16. The van der Waals surface area contributed by atoms with Gasteiger partial charge in [-0.05, 0) is 0 Å². The Morgan fingerprint density at radius 3 is 3.50 bits per heavy atom. The average molecular weight is 116 g/mol. The Kier molecular flexibility index (Phi) is 1.00. The van der Waals surface area contributed by atoms with Gasteiger partial charge in [0.15, 0.2) is 13.1 Å². The summed E-state index contributed by atoms with van der Waals surface area (Å²) < 4.78 is 23.1. The number of aldehydes is 1. The summed E-state index contributed by atoms with van der Waals surface area (Å²) in [6.45, 7) is -1.18. The molecule has 0 aromatic carbocycles. The average Bonchev–Trinajstić information content (AvgIpc) is 1.88. The number of rotatable bonds is 1. The zero-order valence-corrected chi connectivity index (χ0v) is 4.09. The molecule has 1 aliphatic rings. The van der Waals surface area contributed by atoms with E-state index in [1.54, 1.807) is 0 Å². The van der Waals surface area contributed by atoms with Crippen LogP contribution in [0, 0.1) is 0 Å². The number of ether oxygens (including phenoxy) is 2. The Morgan fingerprint density at radius 2 is 3.00 bits per heavy atom. The summed E-state index contributed by atoms with van der Waals surface area (Å²) in [4.78, 5) is 10.1. The van der Waals surface area contributed by atoms with E-state index < -0.39 is 6.58 Å². The van der Waals surface area contributed by atoms with Crippen LogP contribution < -0.4 is 0 Å². The Balaban J connectivity index is 2.83. The Labute approximate surface area is 49.7 Å². The van der Waals surface area contributed by atoms with Gasteiger partial charge in [-0.2, -0.15) is 0 Å². The minimum atomic E-state index is -1.06. The van der Waals surface area contributed by atoms with E-state index in [1.807, 2.05) is 0 Å². The van der Waals surface area contributed by atoms with Gasteiger partial charge < -0.3 is 9.47 Å². The van der Waals surface area contributed by atoms with Crippen LogP contribution in [0.15, 0.2) is 11.8 Å². The van der Waals surface area contributed by atoms with Gasteiger partial charge in [0.25, 0.3) is 0 Å². The predicted molar refractivity (Wildman–Crippen MR) is 26.1 cm³/mol. The van der Waals surface area contributed by atoms with Crippen molar-refractivity contribution in [2.75, 3.05) is 13.4 Å². The lowest BCUT2D eigenvalue weighted by atomic mass is 10.3. The summed E-state index contributed by atoms with van der Waals surface area (Å²) in [5.41, 5.74) is -0.0637. The van der Waals surface area contributed by atoms with Crippen molar-refractivity contribution in [3.8, 4) is 0 Å². The monoisotopic (exact) mass is 116 g/mol. The van der Waals surface area contributed by atoms with E-state index in [9.17, 15) is 4.79 Å². The summed E-state index contributed by atoms with van der Waals surface area (Å²) in [6.07, 6.45) is 0.139. The van der Waals surface area contributed by atoms with E-state index in [2.05, 4.69) is 9.47 Å². The lowest BCUT2D eigenvalue weighted by Gasteiger charge is -2.08. The van der Waals surface area contributed by atoms with Crippen LogP contribution in [0.1, 0.15) is 2.74 Å². The molecule has 44 valence electrons. The lowest BCUT2D eigenvalue weighted by Crippen LogP contribution is -2.08. The SMILES string of the molecule is [2H]C1=C(C=O)C([2H])OCO1. The van der Waals surface area contributed by atoms with E-state index in [0.29, 0.717) is 6.29 Å². The van der Waals surface area contributed by atoms with Gasteiger partial charge in [0.1, 0.15) is 1.37 Å². The second-order valence-corrected chi connectivity index (χ2v) is 1.22. The first-order chi connectivity index (χ1) is 4.75. The summed E-state index contributed by atoms with van der Waals surface area (Å²) in [7, 11) is 0. The van der Waals surface area contributed by atoms with Crippen LogP contribution in [0.5, 0.6) is 0 Å². The third kappa shape index (κ3) is 1.07. The zero-order chi connectivity index (χ0) is 7.56. The molecule has 1 heterocycles. The van der Waals surface area contributed by atoms with Crippen molar-refractivity contribution in [1.29, 1.82) is 0 Å². The Bertz CT molecular complexity index is 178. The first kappa shape index (κ1) is 3.25. The maximum absolute atomic E-state index is 10.1. The van der Waals surface area contributed by atoms with Crippen LogP contribution in [-0.4, -0.2) is 19.7 Å². The molecule has 0 amide bonds. The molecule has 1 atom stereocenters. The number of carbonyl (C=O) groups excluding carboxylic acids is 1. The molecule has 1 rings (SSSR count). The maximum Gasteiger partial charge on any atom is 0.188 e. The van der Waals surface area contributed by atoms with Gasteiger partial charge in [0.2, 0.25) is 0 Å². The highest BCUT2D eigenvalue weighted by Crippen LogP contribution is 1.98. The molecule has 3 nitrogen and oxygen atoms in total. The fourth-order valence-corrected chi connectivity index (χ4v) is 0.347. The molecule has 0 fully saturated rings. The highest BCUT2D eigenvalue weighted by Gasteiger charge is 2.00. The third-order valence-corrected chi connectivity index (χ3v) is 0.654. The highest BCUT2D eigenvalue weighted by atomic mass is 16.7. The summed E-state index contributed by atoms with van der Waals surface area (Å²) in [6, 6.07) is 0. The Hall–Kier alpha value is -0.830. The van der Waals surface area contributed by atoms with Gasteiger partial charge in [-0.25, -0.2) is 0 Å². The normalized spacial score (nSPS) is 32.8. The molecule has 0 bridgehead atoms. The topological polar surface area (TPSA) is 35.5 Å². The van der Waals surface area contributed by atoms with Crippen LogP contribution in [0.3, 0.4) is 0 Å². The fourth-order valence-electron chi connectivity index (χ4n) is 0.347. The minimum Gasteiger partial charge on any atom is -0.475 e. The molecule has 0 radical (unpaired) electrons. The summed E-state index contributed by atoms with van der Waals surface area (Å²) in [5.74, 6) is 0. The molecule has 1 aliphatic heterocycles. The van der Waals surface area contributed by atoms with Crippen molar-refractivity contribution in [1.82, 2.24) is 0 Å². The van der Waals surface area contributed by atoms with Crippen LogP contribution in [0.2, 0.25) is 0 Å². The van der Waals surface area contributed by atoms with E-state index in [4.69, 9.17) is 2.74 Å². The predicted octanol–water partition coefficient (Wildman–Crippen LogP) is 0.0735. The molecular formula is C5H6O3. The molecule has 0 spiro atoms. The van der Waals surface area contributed by atoms with Gasteiger partial charge in [0, 0.05) is 0 Å². The van der Waals surface area contributed by atoms with E-state index in [-0.39, 0.29) is 18.6 Å². The van der Waals surface area contributed by atoms with E-state index in [0.717, 1.165) is 0 Å². The molecule has 0 N–H and O–H groups in total.